The van der Waals surface area contributed by atoms with Gasteiger partial charge in [0.2, 0.25) is 0 Å². The van der Waals surface area contributed by atoms with E-state index < -0.39 is 23.5 Å². The zero-order chi connectivity index (χ0) is 21.2. The number of nitrogens with one attached hydrogen (secondary N) is 1. The van der Waals surface area contributed by atoms with Crippen LogP contribution in [0.2, 0.25) is 0 Å². The molecule has 3 N–H and O–H groups in total. The summed E-state index contributed by atoms with van der Waals surface area (Å²) in [6.45, 7) is 5.47. The third-order valence-electron chi connectivity index (χ3n) is 4.77. The molecule has 0 aliphatic heterocycles. The van der Waals surface area contributed by atoms with Gasteiger partial charge in [-0.25, -0.2) is 0 Å². The van der Waals surface area contributed by atoms with Crippen LogP contribution in [0.4, 0.5) is 0 Å². The van der Waals surface area contributed by atoms with E-state index in [9.17, 15) is 4.79 Å². The van der Waals surface area contributed by atoms with E-state index in [0.717, 1.165) is 22.0 Å². The number of esters is 1. The van der Waals surface area contributed by atoms with Gasteiger partial charge in [0.05, 0.1) is 14.2 Å². The van der Waals surface area contributed by atoms with Gasteiger partial charge in [-0.15, -0.1) is 0 Å². The maximum atomic E-state index is 12.9. The Bertz CT molecular complexity index is 1000. The van der Waals surface area contributed by atoms with E-state index in [1.54, 1.807) is 14.2 Å². The molecule has 1 aromatic heterocycles. The van der Waals surface area contributed by atoms with E-state index in [2.05, 4.69) is 4.98 Å². The Hall–Kier alpha value is -2.99. The number of benzene rings is 2. The van der Waals surface area contributed by atoms with Gasteiger partial charge in [0, 0.05) is 28.6 Å². The summed E-state index contributed by atoms with van der Waals surface area (Å²) in [7, 11) is 3.19. The van der Waals surface area contributed by atoms with Crippen molar-refractivity contribution < 1.29 is 19.0 Å². The molecule has 1 heterocycles. The quantitative estimate of drug-likeness (QED) is 0.616. The third-order valence-corrected chi connectivity index (χ3v) is 4.77. The number of rotatable bonds is 6. The number of H-pyrrole nitrogens is 1. The maximum Gasteiger partial charge on any atom is 0.324 e. The summed E-state index contributed by atoms with van der Waals surface area (Å²) >= 11 is 0. The van der Waals surface area contributed by atoms with Crippen molar-refractivity contribution in [3.63, 3.8) is 0 Å². The van der Waals surface area contributed by atoms with Gasteiger partial charge in [-0.2, -0.15) is 0 Å². The number of carbonyl (C=O) groups excluding carboxylic acids is 1. The van der Waals surface area contributed by atoms with Gasteiger partial charge >= 0.3 is 5.97 Å². The maximum absolute atomic E-state index is 12.9. The van der Waals surface area contributed by atoms with Gasteiger partial charge in [0.15, 0.2) is 0 Å². The molecule has 0 unspecified atom stereocenters. The van der Waals surface area contributed by atoms with Crippen LogP contribution in [0.5, 0.6) is 11.5 Å². The minimum Gasteiger partial charge on any atom is -0.497 e. The lowest BCUT2D eigenvalue weighted by molar-refractivity contribution is -0.156. The molecule has 0 bridgehead atoms. The number of aromatic amines is 1. The number of hydrogen-bond donors (Lipinski definition) is 2. The molecule has 0 saturated carbocycles. The molecule has 6 heteroatoms. The number of nitrogens with two attached hydrogens (primary N) is 1. The van der Waals surface area contributed by atoms with Crippen molar-refractivity contribution in [3.05, 3.63) is 59.8 Å². The lowest BCUT2D eigenvalue weighted by Crippen LogP contribution is -2.42. The average Bonchev–Trinajstić information content (AvgIpc) is 3.10. The molecule has 6 nitrogen and oxygen atoms in total. The molecule has 29 heavy (non-hydrogen) atoms. The Kier molecular flexibility index (Phi) is 5.84. The number of aromatic nitrogens is 1. The molecule has 154 valence electrons. The molecule has 0 aliphatic carbocycles. The van der Waals surface area contributed by atoms with E-state index in [1.807, 2.05) is 69.4 Å². The third kappa shape index (κ3) is 4.38. The van der Waals surface area contributed by atoms with Gasteiger partial charge in [0.1, 0.15) is 23.1 Å². The second-order valence-corrected chi connectivity index (χ2v) is 7.93. The lowest BCUT2D eigenvalue weighted by atomic mass is 9.84. The Morgan fingerprint density at radius 2 is 1.76 bits per heavy atom. The normalized spacial score (nSPS) is 13.7. The highest BCUT2D eigenvalue weighted by Crippen LogP contribution is 2.39. The molecule has 3 aromatic rings. The van der Waals surface area contributed by atoms with E-state index in [1.165, 1.54) is 0 Å². The van der Waals surface area contributed by atoms with Crippen molar-refractivity contribution in [2.45, 2.75) is 38.3 Å². The van der Waals surface area contributed by atoms with Gasteiger partial charge in [-0.1, -0.05) is 18.2 Å². The van der Waals surface area contributed by atoms with Crippen molar-refractivity contribution in [2.24, 2.45) is 5.73 Å². The van der Waals surface area contributed by atoms with Crippen LogP contribution < -0.4 is 15.2 Å². The highest BCUT2D eigenvalue weighted by atomic mass is 16.6. The Labute approximate surface area is 171 Å². The molecule has 0 spiro atoms. The smallest absolute Gasteiger partial charge is 0.324 e. The largest absolute Gasteiger partial charge is 0.497 e. The van der Waals surface area contributed by atoms with Crippen LogP contribution >= 0.6 is 0 Å². The summed E-state index contributed by atoms with van der Waals surface area (Å²) in [4.78, 5) is 16.2. The van der Waals surface area contributed by atoms with Crippen LogP contribution in [-0.4, -0.2) is 36.8 Å². The van der Waals surface area contributed by atoms with Crippen LogP contribution in [0.1, 0.15) is 37.8 Å². The number of fused-ring (bicyclic) bond motifs is 1. The molecule has 2 atom stereocenters. The van der Waals surface area contributed by atoms with Gasteiger partial charge < -0.3 is 24.9 Å². The molecule has 0 fully saturated rings. The predicted molar refractivity (Wildman–Crippen MR) is 114 cm³/mol. The molecule has 0 saturated heterocycles. The minimum absolute atomic E-state index is 0.474. The van der Waals surface area contributed by atoms with Crippen molar-refractivity contribution >= 4 is 16.9 Å². The van der Waals surface area contributed by atoms with Crippen LogP contribution in [0.15, 0.2) is 48.7 Å². The van der Waals surface area contributed by atoms with E-state index >= 15 is 0 Å². The number of para-hydroxylation sites is 1. The lowest BCUT2D eigenvalue weighted by Gasteiger charge is -2.28. The van der Waals surface area contributed by atoms with E-state index in [-0.39, 0.29) is 0 Å². The van der Waals surface area contributed by atoms with Crippen molar-refractivity contribution in [3.8, 4) is 11.5 Å². The highest BCUT2D eigenvalue weighted by molar-refractivity contribution is 5.87. The number of methoxy groups -OCH3 is 2. The first-order valence-corrected chi connectivity index (χ1v) is 9.51. The predicted octanol–water partition coefficient (Wildman–Crippen LogP) is 3.99. The van der Waals surface area contributed by atoms with E-state index in [0.29, 0.717) is 11.5 Å². The number of carbonyl (C=O) groups is 1. The minimum atomic E-state index is -0.936. The summed E-state index contributed by atoms with van der Waals surface area (Å²) in [5.41, 5.74) is 8.49. The molecular formula is C23H28N2O4. The summed E-state index contributed by atoms with van der Waals surface area (Å²) in [5.74, 6) is 0.311. The topological polar surface area (TPSA) is 86.6 Å². The first-order chi connectivity index (χ1) is 13.7. The summed E-state index contributed by atoms with van der Waals surface area (Å²) in [6, 6.07) is 12.5. The molecule has 2 aromatic carbocycles. The van der Waals surface area contributed by atoms with Crippen molar-refractivity contribution in [1.82, 2.24) is 4.98 Å². The average molecular weight is 396 g/mol. The van der Waals surface area contributed by atoms with E-state index in [4.69, 9.17) is 19.9 Å². The first-order valence-electron chi connectivity index (χ1n) is 9.51. The van der Waals surface area contributed by atoms with Crippen LogP contribution in [-0.2, 0) is 9.53 Å². The fourth-order valence-corrected chi connectivity index (χ4v) is 3.49. The monoisotopic (exact) mass is 396 g/mol. The van der Waals surface area contributed by atoms with Crippen LogP contribution in [0.25, 0.3) is 10.9 Å². The Morgan fingerprint density at radius 1 is 1.03 bits per heavy atom. The fraction of sp³-hybridized carbons (Fsp3) is 0.348. The molecule has 3 rings (SSSR count). The molecular weight excluding hydrogens is 368 g/mol. The second kappa shape index (κ2) is 8.17. The van der Waals surface area contributed by atoms with Gasteiger partial charge in [-0.3, -0.25) is 4.79 Å². The fourth-order valence-electron chi connectivity index (χ4n) is 3.49. The van der Waals surface area contributed by atoms with Crippen molar-refractivity contribution in [1.29, 1.82) is 0 Å². The standard InChI is InChI=1S/C23H28N2O4/c1-23(2,3)29-22(26)21(24)20(16-12-14(27-4)10-11-19(16)28-5)17-13-25-18-9-7-6-8-15(17)18/h6-13,20-21,25H,24H2,1-5H3/t20-,21+/m0/s1. The SMILES string of the molecule is COc1ccc(OC)c([C@@H](c2c[nH]c3ccccc23)[C@@H](N)C(=O)OC(C)(C)C)c1. The zero-order valence-electron chi connectivity index (χ0n) is 17.5. The first kappa shape index (κ1) is 20.7. The van der Waals surface area contributed by atoms with Gasteiger partial charge in [0.25, 0.3) is 0 Å². The van der Waals surface area contributed by atoms with Crippen molar-refractivity contribution in [2.75, 3.05) is 14.2 Å². The molecule has 0 amide bonds. The second-order valence-electron chi connectivity index (χ2n) is 7.93. The highest BCUT2D eigenvalue weighted by Gasteiger charge is 2.34. The molecule has 0 radical (unpaired) electrons. The number of hydrogen-bond acceptors (Lipinski definition) is 5. The number of ether oxygens (including phenoxy) is 3. The summed E-state index contributed by atoms with van der Waals surface area (Å²) in [5, 5.41) is 0.987. The Balaban J connectivity index is 2.18. The van der Waals surface area contributed by atoms with Crippen LogP contribution in [0, 0.1) is 0 Å². The Morgan fingerprint density at radius 3 is 2.41 bits per heavy atom. The summed E-state index contributed by atoms with van der Waals surface area (Å²) < 4.78 is 16.6. The molecule has 0 aliphatic rings. The van der Waals surface area contributed by atoms with Gasteiger partial charge in [-0.05, 0) is 50.6 Å². The summed E-state index contributed by atoms with van der Waals surface area (Å²) in [6.07, 6.45) is 1.89. The van der Waals surface area contributed by atoms with Crippen LogP contribution in [0.3, 0.4) is 0 Å². The zero-order valence-corrected chi connectivity index (χ0v) is 17.5.